The summed E-state index contributed by atoms with van der Waals surface area (Å²) in [5.74, 6) is -0.650. The van der Waals surface area contributed by atoms with Gasteiger partial charge in [-0.3, -0.25) is 9.78 Å². The predicted molar refractivity (Wildman–Crippen MR) is 164 cm³/mol. The van der Waals surface area contributed by atoms with Crippen molar-refractivity contribution in [3.8, 4) is 11.3 Å². The number of halogens is 2. The van der Waals surface area contributed by atoms with Gasteiger partial charge < -0.3 is 20.7 Å². The minimum atomic E-state index is -0.684. The van der Waals surface area contributed by atoms with Crippen molar-refractivity contribution in [2.75, 3.05) is 19.5 Å². The van der Waals surface area contributed by atoms with Crippen molar-refractivity contribution in [1.29, 1.82) is 0 Å². The van der Waals surface area contributed by atoms with Crippen molar-refractivity contribution in [2.24, 2.45) is 11.7 Å². The van der Waals surface area contributed by atoms with E-state index in [2.05, 4.69) is 27.3 Å². The number of hydrogen-bond donors (Lipinski definition) is 2. The van der Waals surface area contributed by atoms with Crippen LogP contribution < -0.4 is 11.1 Å². The maximum atomic E-state index is 15.6. The van der Waals surface area contributed by atoms with Gasteiger partial charge >= 0.3 is 0 Å². The van der Waals surface area contributed by atoms with Gasteiger partial charge in [-0.1, -0.05) is 19.8 Å². The molecule has 2 saturated carbocycles. The molecule has 4 atom stereocenters. The highest BCUT2D eigenvalue weighted by molar-refractivity contribution is 5.73. The summed E-state index contributed by atoms with van der Waals surface area (Å²) < 4.78 is 38.4. The minimum Gasteiger partial charge on any atom is -0.374 e. The predicted octanol–water partition coefficient (Wildman–Crippen LogP) is 5.92. The SMILES string of the molecule is COC1(c2cc(F)c(-c3ccc4cnc(Nc5cnccc5C5CC(C)C(N(C)C(C)=O)C(N)C5)n4n3)c(F)c2)CCCC1. The van der Waals surface area contributed by atoms with Gasteiger partial charge in [0.25, 0.3) is 0 Å². The van der Waals surface area contributed by atoms with Crippen molar-refractivity contribution in [3.63, 3.8) is 0 Å². The zero-order chi connectivity index (χ0) is 31.2. The van der Waals surface area contributed by atoms with E-state index >= 15 is 8.78 Å². The van der Waals surface area contributed by atoms with Crippen LogP contribution in [-0.2, 0) is 15.1 Å². The van der Waals surface area contributed by atoms with Crippen LogP contribution in [0.25, 0.3) is 16.8 Å². The number of carbonyl (C=O) groups is 1. The number of rotatable bonds is 7. The van der Waals surface area contributed by atoms with Gasteiger partial charge in [-0.05, 0) is 79.0 Å². The van der Waals surface area contributed by atoms with E-state index in [0.29, 0.717) is 23.4 Å². The van der Waals surface area contributed by atoms with Crippen LogP contribution in [0.5, 0.6) is 0 Å². The summed E-state index contributed by atoms with van der Waals surface area (Å²) in [6.07, 6.45) is 10.0. The normalized spacial score (nSPS) is 23.2. The number of likely N-dealkylation sites (N-methyl/N-ethyl adjacent to an activating group) is 1. The fourth-order valence-corrected chi connectivity index (χ4v) is 7.43. The fraction of sp³-hybridized carbons (Fsp3) is 0.455. The van der Waals surface area contributed by atoms with E-state index < -0.39 is 17.2 Å². The summed E-state index contributed by atoms with van der Waals surface area (Å²) in [5, 5.41) is 7.96. The van der Waals surface area contributed by atoms with Crippen molar-refractivity contribution in [1.82, 2.24) is 24.5 Å². The van der Waals surface area contributed by atoms with Crippen LogP contribution in [0.2, 0.25) is 0 Å². The number of nitrogens with two attached hydrogens (primary N) is 1. The van der Waals surface area contributed by atoms with Gasteiger partial charge in [-0.2, -0.15) is 9.61 Å². The Morgan fingerprint density at radius 3 is 2.52 bits per heavy atom. The van der Waals surface area contributed by atoms with Crippen LogP contribution >= 0.6 is 0 Å². The number of carbonyl (C=O) groups excluding carboxylic acids is 1. The average Bonchev–Trinajstić information content (AvgIpc) is 3.65. The lowest BCUT2D eigenvalue weighted by Gasteiger charge is -2.43. The van der Waals surface area contributed by atoms with Crippen LogP contribution in [0.15, 0.2) is 48.9 Å². The second kappa shape index (κ2) is 11.9. The molecule has 4 aromatic rings. The number of imidazole rings is 1. The Balaban J connectivity index is 1.30. The first kappa shape index (κ1) is 30.1. The molecule has 0 bridgehead atoms. The molecule has 0 spiro atoms. The van der Waals surface area contributed by atoms with Crippen LogP contribution in [0.3, 0.4) is 0 Å². The zero-order valence-electron chi connectivity index (χ0n) is 25.6. The maximum Gasteiger partial charge on any atom is 0.229 e. The van der Waals surface area contributed by atoms with Gasteiger partial charge in [0, 0.05) is 39.4 Å². The van der Waals surface area contributed by atoms with E-state index in [1.54, 1.807) is 54.2 Å². The standard InChI is InChI=1S/C33H39F2N7O2/c1-19-13-21(14-27(36)31(19)41(3)20(2)43)24-9-12-37-18-29(24)39-32-38-17-23-7-8-28(40-42(23)32)30-25(34)15-22(16-26(30)35)33(44-4)10-5-6-11-33/h7-9,12,15-19,21,27,31H,5-6,10-11,13-14,36H2,1-4H3,(H,38,39). The molecule has 3 aromatic heterocycles. The minimum absolute atomic E-state index is 0.00323. The number of aromatic nitrogens is 4. The molecule has 0 saturated heterocycles. The van der Waals surface area contributed by atoms with E-state index in [-0.39, 0.29) is 41.1 Å². The molecule has 1 aromatic carbocycles. The van der Waals surface area contributed by atoms with Crippen molar-refractivity contribution in [3.05, 3.63) is 71.7 Å². The lowest BCUT2D eigenvalue weighted by atomic mass is 9.73. The van der Waals surface area contributed by atoms with E-state index in [9.17, 15) is 4.79 Å². The summed E-state index contributed by atoms with van der Waals surface area (Å²) in [5.41, 5.74) is 8.88. The van der Waals surface area contributed by atoms with Crippen LogP contribution in [0.1, 0.15) is 69.4 Å². The number of pyridine rings is 1. The van der Waals surface area contributed by atoms with E-state index in [4.69, 9.17) is 10.5 Å². The second-order valence-electron chi connectivity index (χ2n) is 12.4. The Bertz CT molecular complexity index is 1650. The van der Waals surface area contributed by atoms with E-state index in [1.807, 2.05) is 13.1 Å². The number of ether oxygens (including phenoxy) is 1. The first-order valence-electron chi connectivity index (χ1n) is 15.2. The van der Waals surface area contributed by atoms with Crippen molar-refractivity contribution < 1.29 is 18.3 Å². The zero-order valence-corrected chi connectivity index (χ0v) is 25.6. The highest BCUT2D eigenvalue weighted by Gasteiger charge is 2.39. The third-order valence-electron chi connectivity index (χ3n) is 9.73. The Morgan fingerprint density at radius 2 is 1.86 bits per heavy atom. The summed E-state index contributed by atoms with van der Waals surface area (Å²) in [6.45, 7) is 3.70. The molecule has 11 heteroatoms. The van der Waals surface area contributed by atoms with E-state index in [1.165, 1.54) is 12.1 Å². The quantitative estimate of drug-likeness (QED) is 0.270. The molecule has 2 fully saturated rings. The number of methoxy groups -OCH3 is 1. The monoisotopic (exact) mass is 603 g/mol. The second-order valence-corrected chi connectivity index (χ2v) is 12.4. The maximum absolute atomic E-state index is 15.6. The molecule has 232 valence electrons. The van der Waals surface area contributed by atoms with Gasteiger partial charge in [0.15, 0.2) is 0 Å². The first-order chi connectivity index (χ1) is 21.1. The smallest absolute Gasteiger partial charge is 0.229 e. The number of amides is 1. The molecule has 9 nitrogen and oxygen atoms in total. The number of benzene rings is 1. The Hall–Kier alpha value is -3.96. The van der Waals surface area contributed by atoms with Gasteiger partial charge in [0.1, 0.15) is 11.6 Å². The van der Waals surface area contributed by atoms with E-state index in [0.717, 1.165) is 43.4 Å². The van der Waals surface area contributed by atoms with Gasteiger partial charge in [-0.25, -0.2) is 13.8 Å². The first-order valence-corrected chi connectivity index (χ1v) is 15.2. The number of anilines is 2. The Morgan fingerprint density at radius 1 is 1.14 bits per heavy atom. The molecule has 6 rings (SSSR count). The summed E-state index contributed by atoms with van der Waals surface area (Å²) in [7, 11) is 3.41. The topological polar surface area (TPSA) is 111 Å². The lowest BCUT2D eigenvalue weighted by Crippen LogP contribution is -2.54. The molecular weight excluding hydrogens is 564 g/mol. The molecular formula is C33H39F2N7O2. The number of fused-ring (bicyclic) bond motifs is 1. The van der Waals surface area contributed by atoms with Gasteiger partial charge in [0.2, 0.25) is 11.9 Å². The molecule has 0 aliphatic heterocycles. The average molecular weight is 604 g/mol. The largest absolute Gasteiger partial charge is 0.374 e. The summed E-state index contributed by atoms with van der Waals surface area (Å²) in [4.78, 5) is 22.7. The summed E-state index contributed by atoms with van der Waals surface area (Å²) in [6, 6.07) is 7.84. The highest BCUT2D eigenvalue weighted by atomic mass is 19.1. The molecule has 44 heavy (non-hydrogen) atoms. The molecule has 0 radical (unpaired) electrons. The van der Waals surface area contributed by atoms with Crippen LogP contribution in [0.4, 0.5) is 20.4 Å². The highest BCUT2D eigenvalue weighted by Crippen LogP contribution is 2.44. The third kappa shape index (κ3) is 5.32. The molecule has 2 aliphatic rings. The van der Waals surface area contributed by atoms with Crippen molar-refractivity contribution >= 4 is 23.1 Å². The molecule has 3 N–H and O–H groups in total. The van der Waals surface area contributed by atoms with Crippen LogP contribution in [0, 0.1) is 17.6 Å². The molecule has 1 amide bonds. The lowest BCUT2D eigenvalue weighted by molar-refractivity contribution is -0.131. The molecule has 4 unspecified atom stereocenters. The Labute approximate surface area is 255 Å². The number of nitrogens with zero attached hydrogens (tertiary/aromatic N) is 5. The van der Waals surface area contributed by atoms with Crippen molar-refractivity contribution in [2.45, 2.75) is 76.0 Å². The molecule has 2 aliphatic carbocycles. The van der Waals surface area contributed by atoms with Gasteiger partial charge in [-0.15, -0.1) is 0 Å². The van der Waals surface area contributed by atoms with Gasteiger partial charge in [0.05, 0.1) is 40.5 Å². The van der Waals surface area contributed by atoms with Crippen LogP contribution in [-0.4, -0.2) is 56.6 Å². The number of nitrogens with one attached hydrogen (secondary N) is 1. The number of hydrogen-bond acceptors (Lipinski definition) is 7. The molecule has 3 heterocycles. The summed E-state index contributed by atoms with van der Waals surface area (Å²) >= 11 is 0. The Kier molecular flexibility index (Phi) is 8.10. The third-order valence-corrected chi connectivity index (χ3v) is 9.73. The fourth-order valence-electron chi connectivity index (χ4n) is 7.43.